The molecule has 0 aliphatic carbocycles. The first kappa shape index (κ1) is 13.4. The van der Waals surface area contributed by atoms with Crippen molar-refractivity contribution in [1.82, 2.24) is 4.90 Å². The first-order valence-corrected chi connectivity index (χ1v) is 7.43. The van der Waals surface area contributed by atoms with Crippen molar-refractivity contribution in [2.45, 2.75) is 19.3 Å². The predicted octanol–water partition coefficient (Wildman–Crippen LogP) is 2.57. The van der Waals surface area contributed by atoms with Crippen LogP contribution in [0.4, 0.5) is 0 Å². The highest BCUT2D eigenvalue weighted by atomic mass is 79.9. The smallest absolute Gasteiger partial charge is 0.226 e. The number of alkyl halides is 1. The van der Waals surface area contributed by atoms with Crippen molar-refractivity contribution in [1.29, 1.82) is 0 Å². The van der Waals surface area contributed by atoms with Crippen molar-refractivity contribution in [3.63, 3.8) is 0 Å². The zero-order valence-corrected chi connectivity index (χ0v) is 11.9. The van der Waals surface area contributed by atoms with Crippen LogP contribution in [0.1, 0.15) is 18.4 Å². The molecule has 0 bridgehead atoms. The van der Waals surface area contributed by atoms with Gasteiger partial charge in [-0.05, 0) is 36.5 Å². The fourth-order valence-electron chi connectivity index (χ4n) is 2.29. The molecule has 2 rings (SSSR count). The quantitative estimate of drug-likeness (QED) is 0.872. The Morgan fingerprint density at radius 1 is 1.39 bits per heavy atom. The Balaban J connectivity index is 1.89. The van der Waals surface area contributed by atoms with Crippen molar-refractivity contribution in [2.24, 2.45) is 5.92 Å². The third-order valence-electron chi connectivity index (χ3n) is 3.45. The van der Waals surface area contributed by atoms with Gasteiger partial charge in [0.2, 0.25) is 5.91 Å². The van der Waals surface area contributed by atoms with E-state index >= 15 is 0 Å². The number of nitrogens with zero attached hydrogens (tertiary/aromatic N) is 1. The fourth-order valence-corrected chi connectivity index (χ4v) is 2.94. The second kappa shape index (κ2) is 6.23. The van der Waals surface area contributed by atoms with E-state index in [0.717, 1.165) is 36.8 Å². The summed E-state index contributed by atoms with van der Waals surface area (Å²) < 4.78 is 0. The number of amides is 1. The molecule has 1 aliphatic rings. The van der Waals surface area contributed by atoms with Gasteiger partial charge in [0.15, 0.2) is 0 Å². The van der Waals surface area contributed by atoms with E-state index < -0.39 is 0 Å². The number of hydrogen-bond donors (Lipinski definition) is 1. The lowest BCUT2D eigenvalue weighted by Crippen LogP contribution is -2.39. The summed E-state index contributed by atoms with van der Waals surface area (Å²) in [6, 6.07) is 6.93. The topological polar surface area (TPSA) is 40.5 Å². The van der Waals surface area contributed by atoms with E-state index in [1.807, 2.05) is 11.0 Å². The zero-order chi connectivity index (χ0) is 13.0. The maximum absolute atomic E-state index is 12.1. The van der Waals surface area contributed by atoms with Gasteiger partial charge in [-0.25, -0.2) is 0 Å². The standard InChI is InChI=1S/C14H18BrNO2/c15-10-11-4-6-16(7-5-11)14(18)9-12-2-1-3-13(17)8-12/h1-3,8,11,17H,4-7,9-10H2. The molecule has 4 heteroatoms. The van der Waals surface area contributed by atoms with Gasteiger partial charge in [0.1, 0.15) is 5.75 Å². The summed E-state index contributed by atoms with van der Waals surface area (Å²) in [5.74, 6) is 1.08. The van der Waals surface area contributed by atoms with Gasteiger partial charge in [-0.15, -0.1) is 0 Å². The number of likely N-dealkylation sites (tertiary alicyclic amines) is 1. The molecule has 1 heterocycles. The highest BCUT2D eigenvalue weighted by Gasteiger charge is 2.21. The monoisotopic (exact) mass is 311 g/mol. The molecule has 3 nitrogen and oxygen atoms in total. The number of carbonyl (C=O) groups is 1. The van der Waals surface area contributed by atoms with E-state index in [4.69, 9.17) is 0 Å². The Labute approximate surface area is 116 Å². The number of piperidine rings is 1. The van der Waals surface area contributed by atoms with Gasteiger partial charge in [0, 0.05) is 18.4 Å². The van der Waals surface area contributed by atoms with Crippen LogP contribution in [0.25, 0.3) is 0 Å². The minimum Gasteiger partial charge on any atom is -0.508 e. The lowest BCUT2D eigenvalue weighted by atomic mass is 9.98. The first-order chi connectivity index (χ1) is 8.69. The summed E-state index contributed by atoms with van der Waals surface area (Å²) in [4.78, 5) is 14.0. The summed E-state index contributed by atoms with van der Waals surface area (Å²) in [6.45, 7) is 1.71. The second-order valence-corrected chi connectivity index (χ2v) is 5.47. The molecule has 1 amide bonds. The summed E-state index contributed by atoms with van der Waals surface area (Å²) >= 11 is 3.50. The van der Waals surface area contributed by atoms with Crippen molar-refractivity contribution in [2.75, 3.05) is 18.4 Å². The van der Waals surface area contributed by atoms with E-state index in [2.05, 4.69) is 15.9 Å². The molecule has 1 aromatic rings. The van der Waals surface area contributed by atoms with Crippen molar-refractivity contribution in [3.05, 3.63) is 29.8 Å². The van der Waals surface area contributed by atoms with E-state index in [1.165, 1.54) is 0 Å². The molecule has 0 saturated carbocycles. The predicted molar refractivity (Wildman–Crippen MR) is 74.9 cm³/mol. The van der Waals surface area contributed by atoms with Crippen LogP contribution in [-0.2, 0) is 11.2 Å². The van der Waals surface area contributed by atoms with Gasteiger partial charge < -0.3 is 10.0 Å². The summed E-state index contributed by atoms with van der Waals surface area (Å²) in [7, 11) is 0. The molecule has 0 unspecified atom stereocenters. The number of halogens is 1. The largest absolute Gasteiger partial charge is 0.508 e. The number of hydrogen-bond acceptors (Lipinski definition) is 2. The molecule has 98 valence electrons. The van der Waals surface area contributed by atoms with Crippen LogP contribution in [0.3, 0.4) is 0 Å². The number of phenolic OH excluding ortho intramolecular Hbond substituents is 1. The molecule has 0 aromatic heterocycles. The molecule has 1 N–H and O–H groups in total. The molecule has 1 aromatic carbocycles. The van der Waals surface area contributed by atoms with Crippen LogP contribution in [-0.4, -0.2) is 34.3 Å². The van der Waals surface area contributed by atoms with Gasteiger partial charge in [0.05, 0.1) is 6.42 Å². The number of rotatable bonds is 3. The maximum Gasteiger partial charge on any atom is 0.226 e. The summed E-state index contributed by atoms with van der Waals surface area (Å²) in [6.07, 6.45) is 2.54. The van der Waals surface area contributed by atoms with E-state index in [9.17, 15) is 9.90 Å². The molecule has 1 fully saturated rings. The normalized spacial score (nSPS) is 16.8. The molecular weight excluding hydrogens is 294 g/mol. The van der Waals surface area contributed by atoms with Crippen LogP contribution in [0.15, 0.2) is 24.3 Å². The number of aromatic hydroxyl groups is 1. The lowest BCUT2D eigenvalue weighted by Gasteiger charge is -2.31. The Morgan fingerprint density at radius 3 is 2.72 bits per heavy atom. The van der Waals surface area contributed by atoms with Crippen LogP contribution in [0.2, 0.25) is 0 Å². The maximum atomic E-state index is 12.1. The molecule has 1 aliphatic heterocycles. The number of phenols is 1. The minimum absolute atomic E-state index is 0.161. The van der Waals surface area contributed by atoms with Gasteiger partial charge in [-0.1, -0.05) is 28.1 Å². The molecule has 18 heavy (non-hydrogen) atoms. The van der Waals surface area contributed by atoms with Crippen molar-refractivity contribution in [3.8, 4) is 5.75 Å². The van der Waals surface area contributed by atoms with Gasteiger partial charge in [-0.3, -0.25) is 4.79 Å². The van der Waals surface area contributed by atoms with E-state index in [-0.39, 0.29) is 11.7 Å². The Morgan fingerprint density at radius 2 is 2.11 bits per heavy atom. The average Bonchev–Trinajstić information content (AvgIpc) is 2.39. The third-order valence-corrected chi connectivity index (χ3v) is 4.37. The molecule has 1 saturated heterocycles. The van der Waals surface area contributed by atoms with E-state index in [0.29, 0.717) is 12.3 Å². The molecule has 0 atom stereocenters. The van der Waals surface area contributed by atoms with Crippen molar-refractivity contribution < 1.29 is 9.90 Å². The van der Waals surface area contributed by atoms with Crippen LogP contribution in [0, 0.1) is 5.92 Å². The highest BCUT2D eigenvalue weighted by Crippen LogP contribution is 2.20. The lowest BCUT2D eigenvalue weighted by molar-refractivity contribution is -0.131. The highest BCUT2D eigenvalue weighted by molar-refractivity contribution is 9.09. The third kappa shape index (κ3) is 3.48. The summed E-state index contributed by atoms with van der Waals surface area (Å²) in [5.41, 5.74) is 0.877. The Hall–Kier alpha value is -1.03. The van der Waals surface area contributed by atoms with Crippen LogP contribution >= 0.6 is 15.9 Å². The molecule has 0 spiro atoms. The SMILES string of the molecule is O=C(Cc1cccc(O)c1)N1CCC(CBr)CC1. The zero-order valence-electron chi connectivity index (χ0n) is 10.3. The van der Waals surface area contributed by atoms with Crippen LogP contribution in [0.5, 0.6) is 5.75 Å². The van der Waals surface area contributed by atoms with Gasteiger partial charge in [-0.2, -0.15) is 0 Å². The van der Waals surface area contributed by atoms with Gasteiger partial charge in [0.25, 0.3) is 0 Å². The fraction of sp³-hybridized carbons (Fsp3) is 0.500. The summed E-state index contributed by atoms with van der Waals surface area (Å²) in [5, 5.41) is 10.4. The van der Waals surface area contributed by atoms with Gasteiger partial charge >= 0.3 is 0 Å². The Kier molecular flexibility index (Phi) is 4.64. The first-order valence-electron chi connectivity index (χ1n) is 6.30. The number of carbonyl (C=O) groups excluding carboxylic acids is 1. The molecule has 0 radical (unpaired) electrons. The average molecular weight is 312 g/mol. The van der Waals surface area contributed by atoms with Crippen molar-refractivity contribution >= 4 is 21.8 Å². The minimum atomic E-state index is 0.161. The van der Waals surface area contributed by atoms with Crippen LogP contribution < -0.4 is 0 Å². The van der Waals surface area contributed by atoms with E-state index in [1.54, 1.807) is 18.2 Å². The molecular formula is C14H18BrNO2. The number of benzene rings is 1. The Bertz CT molecular complexity index is 414. The second-order valence-electron chi connectivity index (χ2n) is 4.83.